The predicted octanol–water partition coefficient (Wildman–Crippen LogP) is 4.52. The van der Waals surface area contributed by atoms with Gasteiger partial charge >= 0.3 is 0 Å². The molecule has 0 amide bonds. The summed E-state index contributed by atoms with van der Waals surface area (Å²) in [6.07, 6.45) is 4.22. The van der Waals surface area contributed by atoms with Crippen LogP contribution in [0.2, 0.25) is 0 Å². The molecule has 0 saturated carbocycles. The van der Waals surface area contributed by atoms with E-state index < -0.39 is 0 Å². The van der Waals surface area contributed by atoms with Crippen LogP contribution in [0, 0.1) is 5.92 Å². The van der Waals surface area contributed by atoms with Crippen LogP contribution >= 0.6 is 0 Å². The van der Waals surface area contributed by atoms with E-state index in [1.807, 2.05) is 18.4 Å². The monoisotopic (exact) mass is 245 g/mol. The number of hydrogen-bond donors (Lipinski definition) is 1. The highest BCUT2D eigenvalue weighted by molar-refractivity contribution is 5.81. The van der Waals surface area contributed by atoms with Crippen LogP contribution in [0.3, 0.4) is 0 Å². The maximum atomic E-state index is 5.65. The van der Waals surface area contributed by atoms with E-state index in [1.165, 1.54) is 10.9 Å². The molecule has 0 radical (unpaired) electrons. The molecule has 98 valence electrons. The topological polar surface area (TPSA) is 25.2 Å². The van der Waals surface area contributed by atoms with E-state index in [4.69, 9.17) is 4.42 Å². The van der Waals surface area contributed by atoms with Crippen molar-refractivity contribution in [3.8, 4) is 0 Å². The third-order valence-corrected chi connectivity index (χ3v) is 3.23. The Labute approximate surface area is 109 Å². The van der Waals surface area contributed by atoms with E-state index in [9.17, 15) is 0 Å². The molecule has 0 aliphatic heterocycles. The molecule has 0 aliphatic rings. The molecule has 0 spiro atoms. The summed E-state index contributed by atoms with van der Waals surface area (Å²) in [7, 11) is 0. The maximum Gasteiger partial charge on any atom is 0.134 e. The Bertz CT molecular complexity index is 487. The van der Waals surface area contributed by atoms with Crippen LogP contribution in [0.5, 0.6) is 0 Å². The number of nitrogens with one attached hydrogen (secondary N) is 1. The van der Waals surface area contributed by atoms with Crippen molar-refractivity contribution in [2.24, 2.45) is 5.92 Å². The first kappa shape index (κ1) is 13.2. The van der Waals surface area contributed by atoms with Crippen molar-refractivity contribution in [1.29, 1.82) is 0 Å². The molecule has 0 aliphatic carbocycles. The van der Waals surface area contributed by atoms with Crippen LogP contribution in [-0.4, -0.2) is 6.54 Å². The zero-order valence-electron chi connectivity index (χ0n) is 11.6. The summed E-state index contributed by atoms with van der Waals surface area (Å²) in [5.41, 5.74) is 2.28. The highest BCUT2D eigenvalue weighted by atomic mass is 16.3. The number of rotatable bonds is 6. The van der Waals surface area contributed by atoms with Crippen LogP contribution in [0.25, 0.3) is 11.0 Å². The Morgan fingerprint density at radius 3 is 2.72 bits per heavy atom. The van der Waals surface area contributed by atoms with Gasteiger partial charge in [-0.2, -0.15) is 0 Å². The first-order valence-corrected chi connectivity index (χ1v) is 6.92. The van der Waals surface area contributed by atoms with Gasteiger partial charge in [-0.05, 0) is 31.4 Å². The molecule has 0 bridgehead atoms. The molecule has 2 aromatic rings. The quantitative estimate of drug-likeness (QED) is 0.809. The Morgan fingerprint density at radius 1 is 1.22 bits per heavy atom. The van der Waals surface area contributed by atoms with Gasteiger partial charge in [-0.3, -0.25) is 0 Å². The molecule has 0 fully saturated rings. The van der Waals surface area contributed by atoms with E-state index in [-0.39, 0.29) is 0 Å². The minimum atomic E-state index is 0.397. The Balaban J connectivity index is 2.28. The van der Waals surface area contributed by atoms with Crippen LogP contribution in [-0.2, 0) is 0 Å². The third kappa shape index (κ3) is 2.94. The lowest BCUT2D eigenvalue weighted by Crippen LogP contribution is -2.23. The lowest BCUT2D eigenvalue weighted by Gasteiger charge is -2.19. The van der Waals surface area contributed by atoms with E-state index in [1.54, 1.807) is 0 Å². The summed E-state index contributed by atoms with van der Waals surface area (Å²) >= 11 is 0. The van der Waals surface area contributed by atoms with Gasteiger partial charge in [0.2, 0.25) is 0 Å². The smallest absolute Gasteiger partial charge is 0.134 e. The molecule has 2 nitrogen and oxygen atoms in total. The van der Waals surface area contributed by atoms with Gasteiger partial charge in [0.05, 0.1) is 6.26 Å². The molecule has 18 heavy (non-hydrogen) atoms. The van der Waals surface area contributed by atoms with Crippen LogP contribution < -0.4 is 5.32 Å². The van der Waals surface area contributed by atoms with Gasteiger partial charge in [-0.25, -0.2) is 0 Å². The van der Waals surface area contributed by atoms with Gasteiger partial charge in [0, 0.05) is 17.0 Å². The lowest BCUT2D eigenvalue weighted by atomic mass is 9.96. The lowest BCUT2D eigenvalue weighted by molar-refractivity contribution is 0.428. The second kappa shape index (κ2) is 6.05. The molecular weight excluding hydrogens is 222 g/mol. The average molecular weight is 245 g/mol. The van der Waals surface area contributed by atoms with E-state index in [0.29, 0.717) is 12.0 Å². The molecule has 2 heteroatoms. The minimum absolute atomic E-state index is 0.397. The summed E-state index contributed by atoms with van der Waals surface area (Å²) in [5, 5.41) is 4.88. The number of para-hydroxylation sites is 1. The van der Waals surface area contributed by atoms with Gasteiger partial charge in [-0.15, -0.1) is 0 Å². The van der Waals surface area contributed by atoms with Crippen molar-refractivity contribution < 1.29 is 4.42 Å². The predicted molar refractivity (Wildman–Crippen MR) is 76.7 cm³/mol. The number of benzene rings is 1. The normalized spacial score (nSPS) is 13.3. The third-order valence-electron chi connectivity index (χ3n) is 3.23. The van der Waals surface area contributed by atoms with E-state index in [0.717, 1.165) is 25.0 Å². The Morgan fingerprint density at radius 2 is 2.00 bits per heavy atom. The van der Waals surface area contributed by atoms with Crippen molar-refractivity contribution >= 4 is 11.0 Å². The Kier molecular flexibility index (Phi) is 4.43. The van der Waals surface area contributed by atoms with Crippen LogP contribution in [0.4, 0.5) is 0 Å². The first-order chi connectivity index (χ1) is 8.72. The molecule has 1 atom stereocenters. The van der Waals surface area contributed by atoms with Crippen LogP contribution in [0.15, 0.2) is 34.9 Å². The largest absolute Gasteiger partial charge is 0.464 e. The summed E-state index contributed by atoms with van der Waals surface area (Å²) in [5.74, 6) is 0.674. The molecule has 1 aromatic carbocycles. The van der Waals surface area contributed by atoms with Crippen LogP contribution in [0.1, 0.15) is 45.2 Å². The molecule has 1 heterocycles. The van der Waals surface area contributed by atoms with Crippen molar-refractivity contribution in [1.82, 2.24) is 5.32 Å². The first-order valence-electron chi connectivity index (χ1n) is 6.92. The summed E-state index contributed by atoms with van der Waals surface area (Å²) < 4.78 is 5.65. The van der Waals surface area contributed by atoms with Gasteiger partial charge in [0.25, 0.3) is 0 Å². The molecule has 2 rings (SSSR count). The van der Waals surface area contributed by atoms with Gasteiger partial charge in [0.15, 0.2) is 0 Å². The fourth-order valence-corrected chi connectivity index (χ4v) is 2.38. The fourth-order valence-electron chi connectivity index (χ4n) is 2.38. The zero-order valence-corrected chi connectivity index (χ0v) is 11.6. The van der Waals surface area contributed by atoms with E-state index in [2.05, 4.69) is 38.2 Å². The number of hydrogen-bond acceptors (Lipinski definition) is 2. The summed E-state index contributed by atoms with van der Waals surface area (Å²) in [6, 6.07) is 8.67. The van der Waals surface area contributed by atoms with Crippen molar-refractivity contribution in [2.75, 3.05) is 6.54 Å². The highest BCUT2D eigenvalue weighted by Crippen LogP contribution is 2.29. The highest BCUT2D eigenvalue weighted by Gasteiger charge is 2.17. The molecule has 1 N–H and O–H groups in total. The number of fused-ring (bicyclic) bond motifs is 1. The minimum Gasteiger partial charge on any atom is -0.464 e. The average Bonchev–Trinajstić information content (AvgIpc) is 2.78. The van der Waals surface area contributed by atoms with Crippen molar-refractivity contribution in [3.63, 3.8) is 0 Å². The second-order valence-electron chi connectivity index (χ2n) is 5.32. The van der Waals surface area contributed by atoms with E-state index >= 15 is 0 Å². The SMILES string of the molecule is CCCNC(CC(C)C)c1coc2ccccc12. The number of furan rings is 1. The molecule has 1 aromatic heterocycles. The van der Waals surface area contributed by atoms with Crippen molar-refractivity contribution in [3.05, 3.63) is 36.1 Å². The van der Waals surface area contributed by atoms with Gasteiger partial charge in [-0.1, -0.05) is 39.0 Å². The Hall–Kier alpha value is -1.28. The molecular formula is C16H23NO. The maximum absolute atomic E-state index is 5.65. The van der Waals surface area contributed by atoms with Gasteiger partial charge in [0.1, 0.15) is 5.58 Å². The summed E-state index contributed by atoms with van der Waals surface area (Å²) in [4.78, 5) is 0. The molecule has 0 saturated heterocycles. The van der Waals surface area contributed by atoms with Crippen molar-refractivity contribution in [2.45, 2.75) is 39.7 Å². The standard InChI is InChI=1S/C16H23NO/c1-4-9-17-15(10-12(2)3)14-11-18-16-8-6-5-7-13(14)16/h5-8,11-12,15,17H,4,9-10H2,1-3H3. The molecule has 1 unspecified atom stereocenters. The second-order valence-corrected chi connectivity index (χ2v) is 5.32. The summed E-state index contributed by atoms with van der Waals surface area (Å²) in [6.45, 7) is 7.79. The zero-order chi connectivity index (χ0) is 13.0. The fraction of sp³-hybridized carbons (Fsp3) is 0.500. The van der Waals surface area contributed by atoms with Gasteiger partial charge < -0.3 is 9.73 Å².